The number of para-hydroxylation sites is 1. The maximum atomic E-state index is 9.87. The Labute approximate surface area is 131 Å². The zero-order valence-electron chi connectivity index (χ0n) is 13.0. The highest BCUT2D eigenvalue weighted by atomic mass is 16.5. The molecule has 2 heterocycles. The number of ether oxygens (including phenoxy) is 1. The summed E-state index contributed by atoms with van der Waals surface area (Å²) in [5.41, 5.74) is 3.81. The minimum Gasteiger partial charge on any atom is -0.508 e. The molecule has 1 aromatic rings. The molecule has 4 rings (SSSR count). The lowest BCUT2D eigenvalue weighted by molar-refractivity contribution is -0.0419. The lowest BCUT2D eigenvalue weighted by Gasteiger charge is -2.46. The van der Waals surface area contributed by atoms with Gasteiger partial charge < -0.3 is 15.2 Å². The van der Waals surface area contributed by atoms with Gasteiger partial charge in [0.25, 0.3) is 0 Å². The Bertz CT molecular complexity index is 634. The van der Waals surface area contributed by atoms with Crippen molar-refractivity contribution in [3.63, 3.8) is 0 Å². The first-order chi connectivity index (χ1) is 10.7. The van der Waals surface area contributed by atoms with E-state index in [-0.39, 0.29) is 6.10 Å². The molecule has 2 aliphatic heterocycles. The number of aryl methyl sites for hydroxylation is 1. The minimum absolute atomic E-state index is 0.191. The Balaban J connectivity index is 1.74. The minimum atomic E-state index is 0.191. The first-order valence-electron chi connectivity index (χ1n) is 8.29. The zero-order chi connectivity index (χ0) is 15.1. The van der Waals surface area contributed by atoms with Gasteiger partial charge in [0, 0.05) is 35.7 Å². The topological polar surface area (TPSA) is 41.5 Å². The van der Waals surface area contributed by atoms with E-state index in [1.807, 2.05) is 6.08 Å². The zero-order valence-corrected chi connectivity index (χ0v) is 13.0. The molecule has 3 nitrogen and oxygen atoms in total. The second kappa shape index (κ2) is 5.47. The summed E-state index contributed by atoms with van der Waals surface area (Å²) in [6.45, 7) is 3.01. The van der Waals surface area contributed by atoms with Crippen LogP contribution >= 0.6 is 0 Å². The molecule has 0 aromatic heterocycles. The van der Waals surface area contributed by atoms with E-state index in [4.69, 9.17) is 4.74 Å². The van der Waals surface area contributed by atoms with Gasteiger partial charge in [-0.25, -0.2) is 0 Å². The van der Waals surface area contributed by atoms with E-state index >= 15 is 0 Å². The summed E-state index contributed by atoms with van der Waals surface area (Å²) in [6.07, 6.45) is 9.36. The smallest absolute Gasteiger partial charge is 0.111 e. The fourth-order valence-electron chi connectivity index (χ4n) is 4.25. The van der Waals surface area contributed by atoms with Crippen molar-refractivity contribution in [2.45, 2.75) is 38.3 Å². The van der Waals surface area contributed by atoms with Crippen molar-refractivity contribution in [2.75, 3.05) is 11.9 Å². The molecule has 2 N–H and O–H groups in total. The molecule has 1 fully saturated rings. The summed E-state index contributed by atoms with van der Waals surface area (Å²) in [5, 5.41) is 13.7. The standard InChI is InChI=1S/C19H23NO2/c1-12-5-2-8-15-17(12)20-18(13-6-3-7-14(21)11-13)16-9-4-10-22-19(15)16/h2-3,5,7-8,11,13,16,18-21H,4,6,9-10H2,1H3/t13?,16-,18-,19+/m0/s1. The lowest BCUT2D eigenvalue weighted by Crippen LogP contribution is -2.45. The Morgan fingerprint density at radius 3 is 3.09 bits per heavy atom. The van der Waals surface area contributed by atoms with Crippen LogP contribution in [0.15, 0.2) is 42.2 Å². The number of anilines is 1. The summed E-state index contributed by atoms with van der Waals surface area (Å²) in [6, 6.07) is 6.80. The fraction of sp³-hybridized carbons (Fsp3) is 0.474. The monoisotopic (exact) mass is 297 g/mol. The van der Waals surface area contributed by atoms with Crippen molar-refractivity contribution < 1.29 is 9.84 Å². The normalized spacial score (nSPS) is 33.4. The average Bonchev–Trinajstić information content (AvgIpc) is 2.54. The highest BCUT2D eigenvalue weighted by Crippen LogP contribution is 2.47. The lowest BCUT2D eigenvalue weighted by atomic mass is 9.73. The van der Waals surface area contributed by atoms with E-state index in [1.165, 1.54) is 23.2 Å². The van der Waals surface area contributed by atoms with Gasteiger partial charge in [-0.1, -0.05) is 24.3 Å². The number of benzene rings is 1. The van der Waals surface area contributed by atoms with Crippen molar-refractivity contribution in [1.82, 2.24) is 0 Å². The molecule has 1 saturated heterocycles. The van der Waals surface area contributed by atoms with E-state index in [1.54, 1.807) is 6.08 Å². The van der Waals surface area contributed by atoms with Crippen molar-refractivity contribution in [3.05, 3.63) is 53.3 Å². The highest BCUT2D eigenvalue weighted by Gasteiger charge is 2.42. The molecule has 1 unspecified atom stereocenters. The van der Waals surface area contributed by atoms with Gasteiger partial charge in [-0.2, -0.15) is 0 Å². The maximum absolute atomic E-state index is 9.87. The third-order valence-electron chi connectivity index (χ3n) is 5.29. The fourth-order valence-corrected chi connectivity index (χ4v) is 4.25. The van der Waals surface area contributed by atoms with Gasteiger partial charge >= 0.3 is 0 Å². The van der Waals surface area contributed by atoms with Crippen LogP contribution in [0.4, 0.5) is 5.69 Å². The molecule has 0 amide bonds. The molecule has 0 saturated carbocycles. The molecule has 116 valence electrons. The van der Waals surface area contributed by atoms with E-state index in [9.17, 15) is 5.11 Å². The summed E-state index contributed by atoms with van der Waals surface area (Å²) in [7, 11) is 0. The summed E-state index contributed by atoms with van der Waals surface area (Å²) < 4.78 is 6.17. The van der Waals surface area contributed by atoms with Crippen LogP contribution in [-0.2, 0) is 4.74 Å². The Morgan fingerprint density at radius 2 is 2.23 bits per heavy atom. The molecule has 1 aliphatic carbocycles. The first-order valence-corrected chi connectivity index (χ1v) is 8.29. The van der Waals surface area contributed by atoms with Crippen LogP contribution in [0.5, 0.6) is 0 Å². The summed E-state index contributed by atoms with van der Waals surface area (Å²) >= 11 is 0. The molecule has 1 aromatic carbocycles. The van der Waals surface area contributed by atoms with Crippen molar-refractivity contribution in [3.8, 4) is 0 Å². The molecule has 22 heavy (non-hydrogen) atoms. The summed E-state index contributed by atoms with van der Waals surface area (Å²) in [5.74, 6) is 1.19. The van der Waals surface area contributed by atoms with Gasteiger partial charge in [-0.05, 0) is 43.9 Å². The van der Waals surface area contributed by atoms with Gasteiger partial charge in [-0.3, -0.25) is 0 Å². The third kappa shape index (κ3) is 2.24. The number of hydrogen-bond donors (Lipinski definition) is 2. The molecule has 0 spiro atoms. The van der Waals surface area contributed by atoms with Crippen LogP contribution in [0.25, 0.3) is 0 Å². The molecular formula is C19H23NO2. The van der Waals surface area contributed by atoms with Crippen LogP contribution in [0, 0.1) is 18.8 Å². The Morgan fingerprint density at radius 1 is 1.32 bits per heavy atom. The van der Waals surface area contributed by atoms with Crippen LogP contribution < -0.4 is 5.32 Å². The number of hydrogen-bond acceptors (Lipinski definition) is 3. The number of aliphatic hydroxyl groups excluding tert-OH is 1. The SMILES string of the molecule is Cc1cccc2c1N[C@@H](C1C=C(O)C=CC1)[C@@H]1CCCO[C@H]21. The number of allylic oxidation sites excluding steroid dienone is 2. The second-order valence-electron chi connectivity index (χ2n) is 6.70. The van der Waals surface area contributed by atoms with E-state index < -0.39 is 0 Å². The second-order valence-corrected chi connectivity index (χ2v) is 6.70. The molecule has 3 heteroatoms. The largest absolute Gasteiger partial charge is 0.508 e. The van der Waals surface area contributed by atoms with Gasteiger partial charge in [0.2, 0.25) is 0 Å². The quantitative estimate of drug-likeness (QED) is 0.813. The first kappa shape index (κ1) is 13.9. The van der Waals surface area contributed by atoms with Crippen LogP contribution in [0.3, 0.4) is 0 Å². The summed E-state index contributed by atoms with van der Waals surface area (Å²) in [4.78, 5) is 0. The van der Waals surface area contributed by atoms with Gasteiger partial charge in [-0.15, -0.1) is 0 Å². The average molecular weight is 297 g/mol. The number of nitrogens with one attached hydrogen (secondary N) is 1. The van der Waals surface area contributed by atoms with Crippen molar-refractivity contribution in [2.24, 2.45) is 11.8 Å². The Hall–Kier alpha value is -1.74. The number of rotatable bonds is 1. The van der Waals surface area contributed by atoms with Gasteiger partial charge in [0.1, 0.15) is 5.76 Å². The van der Waals surface area contributed by atoms with Gasteiger partial charge in [0.15, 0.2) is 0 Å². The van der Waals surface area contributed by atoms with Crippen molar-refractivity contribution >= 4 is 5.69 Å². The van der Waals surface area contributed by atoms with Crippen molar-refractivity contribution in [1.29, 1.82) is 0 Å². The Kier molecular flexibility index (Phi) is 3.45. The van der Waals surface area contributed by atoms with Crippen LogP contribution in [0.1, 0.15) is 36.5 Å². The third-order valence-corrected chi connectivity index (χ3v) is 5.29. The van der Waals surface area contributed by atoms with E-state index in [2.05, 4.69) is 36.5 Å². The van der Waals surface area contributed by atoms with Gasteiger partial charge in [0.05, 0.1) is 6.10 Å². The number of aliphatic hydroxyl groups is 1. The molecule has 3 aliphatic rings. The maximum Gasteiger partial charge on any atom is 0.111 e. The van der Waals surface area contributed by atoms with Crippen LogP contribution in [0.2, 0.25) is 0 Å². The number of fused-ring (bicyclic) bond motifs is 3. The predicted molar refractivity (Wildman–Crippen MR) is 88.0 cm³/mol. The molecule has 0 bridgehead atoms. The molecule has 0 radical (unpaired) electrons. The highest BCUT2D eigenvalue weighted by molar-refractivity contribution is 5.61. The van der Waals surface area contributed by atoms with Crippen LogP contribution in [-0.4, -0.2) is 17.8 Å². The molecular weight excluding hydrogens is 274 g/mol. The van der Waals surface area contributed by atoms with E-state index in [0.717, 1.165) is 19.4 Å². The predicted octanol–water partition coefficient (Wildman–Crippen LogP) is 4.27. The van der Waals surface area contributed by atoms with E-state index in [0.29, 0.717) is 23.6 Å². The molecule has 4 atom stereocenters.